The Kier molecular flexibility index (Phi) is 6.69. The van der Waals surface area contributed by atoms with Crippen molar-refractivity contribution >= 4 is 23.5 Å². The molecule has 0 spiro atoms. The Hall–Kier alpha value is -3.09. The van der Waals surface area contributed by atoms with Crippen molar-refractivity contribution in [2.45, 2.75) is 26.7 Å². The van der Waals surface area contributed by atoms with Crippen LogP contribution in [0, 0.1) is 0 Å². The zero-order chi connectivity index (χ0) is 20.8. The molecule has 154 valence electrons. The maximum atomic E-state index is 12.7. The third-order valence-electron chi connectivity index (χ3n) is 4.97. The molecule has 1 N–H and O–H groups in total. The number of hydrogen-bond donors (Lipinski definition) is 1. The highest BCUT2D eigenvalue weighted by atomic mass is 16.6. The second kappa shape index (κ2) is 9.41. The summed E-state index contributed by atoms with van der Waals surface area (Å²) in [5.74, 6) is 1.01. The van der Waals surface area contributed by atoms with Crippen molar-refractivity contribution in [1.82, 2.24) is 9.88 Å². The van der Waals surface area contributed by atoms with Gasteiger partial charge in [0.25, 0.3) is 5.91 Å². The second-order valence-electron chi connectivity index (χ2n) is 7.31. The van der Waals surface area contributed by atoms with Crippen LogP contribution in [0.2, 0.25) is 0 Å². The molecule has 1 aromatic carbocycles. The number of ether oxygens (including phenoxy) is 1. The van der Waals surface area contributed by atoms with Crippen molar-refractivity contribution < 1.29 is 14.3 Å². The Morgan fingerprint density at radius 1 is 1.10 bits per heavy atom. The van der Waals surface area contributed by atoms with Crippen LogP contribution in [-0.2, 0) is 4.74 Å². The van der Waals surface area contributed by atoms with Crippen LogP contribution in [0.25, 0.3) is 0 Å². The van der Waals surface area contributed by atoms with Crippen molar-refractivity contribution in [1.29, 1.82) is 0 Å². The Balaban J connectivity index is 1.62. The zero-order valence-corrected chi connectivity index (χ0v) is 17.2. The van der Waals surface area contributed by atoms with Gasteiger partial charge in [0.2, 0.25) is 0 Å². The van der Waals surface area contributed by atoms with Crippen molar-refractivity contribution in [3.63, 3.8) is 0 Å². The molecule has 0 saturated carbocycles. The van der Waals surface area contributed by atoms with Gasteiger partial charge in [-0.15, -0.1) is 0 Å². The molecule has 0 atom stereocenters. The summed E-state index contributed by atoms with van der Waals surface area (Å²) in [6.45, 7) is 8.88. The Bertz CT molecular complexity index is 843. The third kappa shape index (κ3) is 5.25. The molecule has 7 nitrogen and oxygen atoms in total. The van der Waals surface area contributed by atoms with E-state index < -0.39 is 0 Å². The van der Waals surface area contributed by atoms with E-state index in [1.165, 1.54) is 5.56 Å². The smallest absolute Gasteiger partial charge is 0.409 e. The average molecular weight is 396 g/mol. The van der Waals surface area contributed by atoms with Crippen molar-refractivity contribution in [3.05, 3.63) is 53.7 Å². The van der Waals surface area contributed by atoms with E-state index in [-0.39, 0.29) is 12.0 Å². The molecule has 2 heterocycles. The summed E-state index contributed by atoms with van der Waals surface area (Å²) in [6, 6.07) is 11.4. The number of amides is 2. The minimum Gasteiger partial charge on any atom is -0.450 e. The van der Waals surface area contributed by atoms with Crippen molar-refractivity contribution in [3.8, 4) is 0 Å². The second-order valence-corrected chi connectivity index (χ2v) is 7.31. The summed E-state index contributed by atoms with van der Waals surface area (Å²) < 4.78 is 5.05. The number of nitrogens with zero attached hydrogens (tertiary/aromatic N) is 3. The van der Waals surface area contributed by atoms with E-state index in [2.05, 4.69) is 29.0 Å². The Morgan fingerprint density at radius 2 is 1.79 bits per heavy atom. The Morgan fingerprint density at radius 3 is 2.41 bits per heavy atom. The maximum absolute atomic E-state index is 12.7. The molecule has 0 bridgehead atoms. The number of nitrogens with one attached hydrogen (secondary N) is 1. The van der Waals surface area contributed by atoms with Crippen LogP contribution in [0.5, 0.6) is 0 Å². The van der Waals surface area contributed by atoms with Crippen LogP contribution >= 0.6 is 0 Å². The minimum atomic E-state index is -0.281. The number of carbonyl (C=O) groups excluding carboxylic acids is 2. The van der Waals surface area contributed by atoms with Gasteiger partial charge in [0.1, 0.15) is 5.82 Å². The number of anilines is 2. The van der Waals surface area contributed by atoms with Gasteiger partial charge in [0.15, 0.2) is 0 Å². The SMILES string of the molecule is CCOC(=O)N1CCN(c2cc(C(=O)Nc3ccc(C(C)C)cc3)ccn2)CC1. The number of aromatic nitrogens is 1. The van der Waals surface area contributed by atoms with Crippen LogP contribution in [0.4, 0.5) is 16.3 Å². The summed E-state index contributed by atoms with van der Waals surface area (Å²) in [5.41, 5.74) is 2.55. The molecule has 3 rings (SSSR count). The lowest BCUT2D eigenvalue weighted by Crippen LogP contribution is -2.49. The zero-order valence-electron chi connectivity index (χ0n) is 17.2. The molecule has 1 aliphatic heterocycles. The quantitative estimate of drug-likeness (QED) is 0.833. The first-order valence-corrected chi connectivity index (χ1v) is 10.0. The number of hydrogen-bond acceptors (Lipinski definition) is 5. The number of piperazine rings is 1. The lowest BCUT2D eigenvalue weighted by atomic mass is 10.0. The lowest BCUT2D eigenvalue weighted by Gasteiger charge is -2.34. The molecule has 0 radical (unpaired) electrons. The highest BCUT2D eigenvalue weighted by Gasteiger charge is 2.23. The third-order valence-corrected chi connectivity index (χ3v) is 4.97. The van der Waals surface area contributed by atoms with Gasteiger partial charge < -0.3 is 19.9 Å². The number of pyridine rings is 1. The van der Waals surface area contributed by atoms with Gasteiger partial charge in [-0.3, -0.25) is 4.79 Å². The van der Waals surface area contributed by atoms with Gasteiger partial charge in [-0.25, -0.2) is 9.78 Å². The largest absolute Gasteiger partial charge is 0.450 e. The molecule has 29 heavy (non-hydrogen) atoms. The molecule has 2 aromatic rings. The number of rotatable bonds is 5. The predicted molar refractivity (Wildman–Crippen MR) is 114 cm³/mol. The first-order chi connectivity index (χ1) is 14.0. The summed E-state index contributed by atoms with van der Waals surface area (Å²) in [6.07, 6.45) is 1.36. The van der Waals surface area contributed by atoms with E-state index in [1.807, 2.05) is 24.3 Å². The van der Waals surface area contributed by atoms with Crippen molar-refractivity contribution in [2.24, 2.45) is 0 Å². The van der Waals surface area contributed by atoms with Crippen LogP contribution in [0.1, 0.15) is 42.6 Å². The Labute approximate surface area is 171 Å². The van der Waals surface area contributed by atoms with E-state index in [0.717, 1.165) is 11.5 Å². The molecule has 7 heteroatoms. The van der Waals surface area contributed by atoms with E-state index >= 15 is 0 Å². The van der Waals surface area contributed by atoms with E-state index in [1.54, 1.807) is 30.2 Å². The molecule has 1 aromatic heterocycles. The molecule has 1 aliphatic rings. The van der Waals surface area contributed by atoms with E-state index in [4.69, 9.17) is 4.74 Å². The van der Waals surface area contributed by atoms with E-state index in [0.29, 0.717) is 44.3 Å². The first-order valence-electron chi connectivity index (χ1n) is 10.0. The molecule has 1 saturated heterocycles. The number of carbonyl (C=O) groups is 2. The van der Waals surface area contributed by atoms with Gasteiger partial charge in [0, 0.05) is 43.6 Å². The normalized spacial score (nSPS) is 14.1. The molecule has 0 aliphatic carbocycles. The van der Waals surface area contributed by atoms with Gasteiger partial charge >= 0.3 is 6.09 Å². The number of benzene rings is 1. The lowest BCUT2D eigenvalue weighted by molar-refractivity contribution is 0.102. The van der Waals surface area contributed by atoms with Gasteiger partial charge in [-0.1, -0.05) is 26.0 Å². The summed E-state index contributed by atoms with van der Waals surface area (Å²) in [5, 5.41) is 2.94. The highest BCUT2D eigenvalue weighted by Crippen LogP contribution is 2.19. The maximum Gasteiger partial charge on any atom is 0.409 e. The van der Waals surface area contributed by atoms with Gasteiger partial charge in [-0.2, -0.15) is 0 Å². The summed E-state index contributed by atoms with van der Waals surface area (Å²) in [7, 11) is 0. The monoisotopic (exact) mass is 396 g/mol. The van der Waals surface area contributed by atoms with Gasteiger partial charge in [0.05, 0.1) is 6.61 Å². The molecular formula is C22H28N4O3. The fourth-order valence-electron chi connectivity index (χ4n) is 3.22. The highest BCUT2D eigenvalue weighted by molar-refractivity contribution is 6.04. The molecule has 2 amide bonds. The summed E-state index contributed by atoms with van der Waals surface area (Å²) >= 11 is 0. The fourth-order valence-corrected chi connectivity index (χ4v) is 3.22. The summed E-state index contributed by atoms with van der Waals surface area (Å²) in [4.78, 5) is 32.7. The van der Waals surface area contributed by atoms with Crippen LogP contribution in [0.3, 0.4) is 0 Å². The van der Waals surface area contributed by atoms with E-state index in [9.17, 15) is 9.59 Å². The standard InChI is InChI=1S/C22H28N4O3/c1-4-29-22(28)26-13-11-25(12-14-26)20-15-18(9-10-23-20)21(27)24-19-7-5-17(6-8-19)16(2)3/h5-10,15-16H,4,11-14H2,1-3H3,(H,24,27). The molecular weight excluding hydrogens is 368 g/mol. The van der Waals surface area contributed by atoms with Gasteiger partial charge in [-0.05, 0) is 42.7 Å². The minimum absolute atomic E-state index is 0.170. The van der Waals surface area contributed by atoms with Crippen molar-refractivity contribution in [2.75, 3.05) is 43.0 Å². The molecule has 1 fully saturated rings. The van der Waals surface area contributed by atoms with Crippen LogP contribution in [-0.4, -0.2) is 54.7 Å². The molecule has 0 unspecified atom stereocenters. The predicted octanol–water partition coefficient (Wildman–Crippen LogP) is 3.74. The fraction of sp³-hybridized carbons (Fsp3) is 0.409. The van der Waals surface area contributed by atoms with Crippen LogP contribution < -0.4 is 10.2 Å². The topological polar surface area (TPSA) is 74.8 Å². The first kappa shape index (κ1) is 20.6. The average Bonchev–Trinajstić information content (AvgIpc) is 2.74. The van der Waals surface area contributed by atoms with Crippen LogP contribution in [0.15, 0.2) is 42.6 Å².